The van der Waals surface area contributed by atoms with Crippen molar-refractivity contribution in [3.63, 3.8) is 0 Å². The third kappa shape index (κ3) is 5.02. The minimum absolute atomic E-state index is 0.174. The molecule has 0 bridgehead atoms. The van der Waals surface area contributed by atoms with E-state index < -0.39 is 11.9 Å². The summed E-state index contributed by atoms with van der Waals surface area (Å²) in [7, 11) is 0. The van der Waals surface area contributed by atoms with Gasteiger partial charge in [-0.3, -0.25) is 4.98 Å². The van der Waals surface area contributed by atoms with E-state index in [1.807, 2.05) is 13.0 Å². The Balaban J connectivity index is 1.46. The van der Waals surface area contributed by atoms with Crippen LogP contribution in [-0.4, -0.2) is 20.0 Å². The number of nitrogens with zero attached hydrogens (tertiary/aromatic N) is 4. The SMILES string of the molecule is Cc1ccc(F)c(Nc2cccc(-n3cc(CNc4ccnc(C(F)(F)F)c4)nn3)c2)c1. The highest BCUT2D eigenvalue weighted by atomic mass is 19.4. The Morgan fingerprint density at radius 3 is 2.66 bits per heavy atom. The van der Waals surface area contributed by atoms with Crippen LogP contribution in [0, 0.1) is 12.7 Å². The average molecular weight is 442 g/mol. The third-order valence-electron chi connectivity index (χ3n) is 4.58. The number of benzene rings is 2. The van der Waals surface area contributed by atoms with Crippen molar-refractivity contribution < 1.29 is 17.6 Å². The second-order valence-corrected chi connectivity index (χ2v) is 7.09. The fraction of sp³-hybridized carbons (Fsp3) is 0.136. The van der Waals surface area contributed by atoms with Gasteiger partial charge in [-0.2, -0.15) is 13.2 Å². The number of pyridine rings is 1. The molecule has 2 heterocycles. The Morgan fingerprint density at radius 1 is 1.00 bits per heavy atom. The highest BCUT2D eigenvalue weighted by Gasteiger charge is 2.32. The monoisotopic (exact) mass is 442 g/mol. The molecule has 32 heavy (non-hydrogen) atoms. The number of halogens is 4. The number of aromatic nitrogens is 4. The first-order valence-corrected chi connectivity index (χ1v) is 9.60. The zero-order valence-corrected chi connectivity index (χ0v) is 16.9. The number of hydrogen-bond donors (Lipinski definition) is 2. The van der Waals surface area contributed by atoms with Gasteiger partial charge >= 0.3 is 6.18 Å². The van der Waals surface area contributed by atoms with Crippen LogP contribution < -0.4 is 10.6 Å². The van der Waals surface area contributed by atoms with E-state index in [0.29, 0.717) is 22.8 Å². The van der Waals surface area contributed by atoms with Crippen molar-refractivity contribution in [3.05, 3.63) is 89.8 Å². The van der Waals surface area contributed by atoms with Crippen molar-refractivity contribution >= 4 is 17.1 Å². The van der Waals surface area contributed by atoms with Crippen molar-refractivity contribution in [1.82, 2.24) is 20.0 Å². The molecule has 0 aliphatic carbocycles. The van der Waals surface area contributed by atoms with Crippen LogP contribution in [0.25, 0.3) is 5.69 Å². The van der Waals surface area contributed by atoms with Gasteiger partial charge in [0.1, 0.15) is 17.2 Å². The summed E-state index contributed by atoms with van der Waals surface area (Å²) in [6.45, 7) is 2.05. The molecule has 0 unspecified atom stereocenters. The van der Waals surface area contributed by atoms with Gasteiger partial charge in [0.15, 0.2) is 0 Å². The van der Waals surface area contributed by atoms with E-state index in [-0.39, 0.29) is 18.0 Å². The molecule has 0 aliphatic heterocycles. The summed E-state index contributed by atoms with van der Waals surface area (Å²) >= 11 is 0. The van der Waals surface area contributed by atoms with E-state index >= 15 is 0 Å². The predicted octanol–water partition coefficient (Wildman–Crippen LogP) is 5.48. The Kier molecular flexibility index (Phi) is 5.76. The lowest BCUT2D eigenvalue weighted by atomic mass is 10.2. The predicted molar refractivity (Wildman–Crippen MR) is 112 cm³/mol. The summed E-state index contributed by atoms with van der Waals surface area (Å²) in [5, 5.41) is 14.0. The maximum Gasteiger partial charge on any atom is 0.433 e. The lowest BCUT2D eigenvalue weighted by molar-refractivity contribution is -0.141. The Labute approximate surface area is 180 Å². The number of alkyl halides is 3. The Morgan fingerprint density at radius 2 is 1.84 bits per heavy atom. The number of anilines is 3. The average Bonchev–Trinajstić information content (AvgIpc) is 3.24. The second-order valence-electron chi connectivity index (χ2n) is 7.09. The molecule has 0 spiro atoms. The molecule has 0 aliphatic rings. The van der Waals surface area contributed by atoms with Gasteiger partial charge in [-0.05, 0) is 55.0 Å². The molecule has 0 amide bonds. The number of hydrogen-bond acceptors (Lipinski definition) is 5. The van der Waals surface area contributed by atoms with Crippen LogP contribution >= 0.6 is 0 Å². The lowest BCUT2D eigenvalue weighted by Gasteiger charge is -2.10. The maximum absolute atomic E-state index is 14.0. The minimum atomic E-state index is -4.51. The van der Waals surface area contributed by atoms with Crippen LogP contribution in [0.3, 0.4) is 0 Å². The molecule has 164 valence electrons. The second kappa shape index (κ2) is 8.66. The first kappa shape index (κ1) is 21.3. The Hall–Kier alpha value is -3.95. The molecule has 10 heteroatoms. The number of aryl methyl sites for hydroxylation is 1. The first-order valence-electron chi connectivity index (χ1n) is 9.60. The van der Waals surface area contributed by atoms with Crippen molar-refractivity contribution in [2.45, 2.75) is 19.6 Å². The highest BCUT2D eigenvalue weighted by Crippen LogP contribution is 2.29. The van der Waals surface area contributed by atoms with E-state index in [2.05, 4.69) is 25.9 Å². The first-order chi connectivity index (χ1) is 15.3. The topological polar surface area (TPSA) is 67.7 Å². The van der Waals surface area contributed by atoms with Gasteiger partial charge in [0.05, 0.1) is 24.1 Å². The van der Waals surface area contributed by atoms with E-state index in [1.54, 1.807) is 36.5 Å². The summed E-state index contributed by atoms with van der Waals surface area (Å²) in [6, 6.07) is 14.4. The van der Waals surface area contributed by atoms with Crippen LogP contribution in [-0.2, 0) is 12.7 Å². The summed E-state index contributed by atoms with van der Waals surface area (Å²) in [5.74, 6) is -0.361. The van der Waals surface area contributed by atoms with Crippen LogP contribution in [0.2, 0.25) is 0 Å². The third-order valence-corrected chi connectivity index (χ3v) is 4.58. The van der Waals surface area contributed by atoms with Gasteiger partial charge in [-0.25, -0.2) is 9.07 Å². The van der Waals surface area contributed by atoms with E-state index in [4.69, 9.17) is 0 Å². The van der Waals surface area contributed by atoms with Gasteiger partial charge < -0.3 is 10.6 Å². The molecule has 2 N–H and O–H groups in total. The molecular weight excluding hydrogens is 424 g/mol. The zero-order valence-electron chi connectivity index (χ0n) is 16.9. The van der Waals surface area contributed by atoms with Gasteiger partial charge in [-0.15, -0.1) is 5.10 Å². The van der Waals surface area contributed by atoms with Gasteiger partial charge in [0.25, 0.3) is 0 Å². The zero-order chi connectivity index (χ0) is 22.7. The van der Waals surface area contributed by atoms with Crippen LogP contribution in [0.5, 0.6) is 0 Å². The molecule has 0 fully saturated rings. The van der Waals surface area contributed by atoms with Gasteiger partial charge in [0.2, 0.25) is 0 Å². The lowest BCUT2D eigenvalue weighted by Crippen LogP contribution is -2.09. The number of nitrogens with one attached hydrogen (secondary N) is 2. The normalized spacial score (nSPS) is 11.4. The summed E-state index contributed by atoms with van der Waals surface area (Å²) in [4.78, 5) is 3.33. The van der Waals surface area contributed by atoms with Crippen LogP contribution in [0.4, 0.5) is 34.6 Å². The molecule has 0 radical (unpaired) electrons. The molecule has 4 aromatic rings. The van der Waals surface area contributed by atoms with Crippen molar-refractivity contribution in [1.29, 1.82) is 0 Å². The largest absolute Gasteiger partial charge is 0.433 e. The minimum Gasteiger partial charge on any atom is -0.379 e. The van der Waals surface area contributed by atoms with Crippen LogP contribution in [0.1, 0.15) is 17.0 Å². The highest BCUT2D eigenvalue weighted by molar-refractivity contribution is 5.63. The fourth-order valence-corrected chi connectivity index (χ4v) is 3.01. The molecule has 2 aromatic heterocycles. The standard InChI is InChI=1S/C22H18F4N6/c1-14-5-6-19(23)20(9-14)29-16-3-2-4-18(10-16)32-13-17(30-31-32)12-28-15-7-8-27-21(11-15)22(24,25)26/h2-11,13,29H,12H2,1H3,(H,27,28). The van der Waals surface area contributed by atoms with E-state index in [9.17, 15) is 17.6 Å². The van der Waals surface area contributed by atoms with E-state index in [0.717, 1.165) is 17.8 Å². The van der Waals surface area contributed by atoms with Crippen molar-refractivity contribution in [2.24, 2.45) is 0 Å². The van der Waals surface area contributed by atoms with Crippen molar-refractivity contribution in [2.75, 3.05) is 10.6 Å². The van der Waals surface area contributed by atoms with Gasteiger partial charge in [0, 0.05) is 17.6 Å². The summed E-state index contributed by atoms with van der Waals surface area (Å²) < 4.78 is 53.9. The number of rotatable bonds is 6. The fourth-order valence-electron chi connectivity index (χ4n) is 3.01. The molecule has 0 atom stereocenters. The van der Waals surface area contributed by atoms with E-state index in [1.165, 1.54) is 16.8 Å². The Bertz CT molecular complexity index is 1240. The molecular formula is C22H18F4N6. The van der Waals surface area contributed by atoms with Crippen LogP contribution in [0.15, 0.2) is 67.0 Å². The van der Waals surface area contributed by atoms with Gasteiger partial charge in [-0.1, -0.05) is 17.3 Å². The molecule has 0 saturated heterocycles. The summed E-state index contributed by atoms with van der Waals surface area (Å²) in [5.41, 5.74) is 2.46. The molecule has 6 nitrogen and oxygen atoms in total. The summed E-state index contributed by atoms with van der Waals surface area (Å²) in [6.07, 6.45) is -1.76. The quantitative estimate of drug-likeness (QED) is 0.387. The molecule has 2 aromatic carbocycles. The smallest absolute Gasteiger partial charge is 0.379 e. The molecule has 0 saturated carbocycles. The maximum atomic E-state index is 14.0. The van der Waals surface area contributed by atoms with Crippen molar-refractivity contribution in [3.8, 4) is 5.69 Å². The molecule has 4 rings (SSSR count).